The van der Waals surface area contributed by atoms with Gasteiger partial charge in [-0.15, -0.1) is 0 Å². The molecule has 0 rings (SSSR count). The smallest absolute Gasteiger partial charge is 0.405 e. The Labute approximate surface area is 62.6 Å². The second kappa shape index (κ2) is 3.06. The third-order valence-electron chi connectivity index (χ3n) is 0.779. The molecule has 0 aromatic heterocycles. The summed E-state index contributed by atoms with van der Waals surface area (Å²) in [6, 6.07) is 0. The maximum Gasteiger partial charge on any atom is 0.405 e. The van der Waals surface area contributed by atoms with Crippen LogP contribution in [0.1, 0.15) is 13.8 Å². The summed E-state index contributed by atoms with van der Waals surface area (Å²) in [5.74, 6) is 0. The zero-order valence-corrected chi connectivity index (χ0v) is 7.03. The number of rotatable bonds is 2. The number of hydrogen-bond donors (Lipinski definition) is 2. The van der Waals surface area contributed by atoms with E-state index in [1.807, 2.05) is 0 Å². The van der Waals surface area contributed by atoms with Crippen LogP contribution in [0.25, 0.3) is 0 Å². The SMILES string of the molecule is CC(C)(CBr)NC(=O)O. The van der Waals surface area contributed by atoms with Gasteiger partial charge in [0, 0.05) is 10.9 Å². The van der Waals surface area contributed by atoms with Crippen molar-refractivity contribution in [2.24, 2.45) is 0 Å². The van der Waals surface area contributed by atoms with Crippen molar-refractivity contribution in [1.29, 1.82) is 0 Å². The molecule has 0 aliphatic carbocycles. The van der Waals surface area contributed by atoms with Crippen LogP contribution in [-0.4, -0.2) is 22.1 Å². The molecule has 0 radical (unpaired) electrons. The summed E-state index contributed by atoms with van der Waals surface area (Å²) in [6.07, 6.45) is -0.987. The Hall–Kier alpha value is -0.250. The highest BCUT2D eigenvalue weighted by atomic mass is 79.9. The van der Waals surface area contributed by atoms with Gasteiger partial charge in [0.15, 0.2) is 0 Å². The number of hydrogen-bond acceptors (Lipinski definition) is 1. The van der Waals surface area contributed by atoms with Gasteiger partial charge in [0.1, 0.15) is 0 Å². The van der Waals surface area contributed by atoms with Crippen molar-refractivity contribution in [1.82, 2.24) is 5.32 Å². The molecule has 0 aromatic rings. The van der Waals surface area contributed by atoms with Crippen molar-refractivity contribution >= 4 is 22.0 Å². The van der Waals surface area contributed by atoms with Crippen molar-refractivity contribution in [2.75, 3.05) is 5.33 Å². The second-order valence-electron chi connectivity index (χ2n) is 2.45. The maximum atomic E-state index is 10.0. The topological polar surface area (TPSA) is 49.3 Å². The van der Waals surface area contributed by atoms with Crippen molar-refractivity contribution in [3.8, 4) is 0 Å². The van der Waals surface area contributed by atoms with E-state index in [4.69, 9.17) is 5.11 Å². The molecule has 0 aliphatic heterocycles. The van der Waals surface area contributed by atoms with Gasteiger partial charge in [-0.25, -0.2) is 4.79 Å². The molecule has 0 bridgehead atoms. The van der Waals surface area contributed by atoms with Gasteiger partial charge in [-0.2, -0.15) is 0 Å². The van der Waals surface area contributed by atoms with Gasteiger partial charge >= 0.3 is 6.09 Å². The lowest BCUT2D eigenvalue weighted by Gasteiger charge is -2.20. The molecule has 0 saturated carbocycles. The van der Waals surface area contributed by atoms with E-state index in [1.54, 1.807) is 13.8 Å². The fraction of sp³-hybridized carbons (Fsp3) is 0.800. The van der Waals surface area contributed by atoms with Crippen LogP contribution in [0, 0.1) is 0 Å². The van der Waals surface area contributed by atoms with E-state index in [2.05, 4.69) is 21.2 Å². The Morgan fingerprint density at radius 2 is 2.22 bits per heavy atom. The molecule has 54 valence electrons. The summed E-state index contributed by atoms with van der Waals surface area (Å²) in [6.45, 7) is 3.60. The first-order chi connectivity index (χ1) is 3.98. The summed E-state index contributed by atoms with van der Waals surface area (Å²) in [5.41, 5.74) is -0.369. The minimum absolute atomic E-state index is 0.369. The summed E-state index contributed by atoms with van der Waals surface area (Å²) < 4.78 is 0. The molecule has 3 nitrogen and oxygen atoms in total. The molecule has 1 amide bonds. The summed E-state index contributed by atoms with van der Waals surface area (Å²) in [7, 11) is 0. The maximum absolute atomic E-state index is 10.0. The molecule has 0 heterocycles. The fourth-order valence-electron chi connectivity index (χ4n) is 0.323. The molecule has 0 saturated heterocycles. The second-order valence-corrected chi connectivity index (χ2v) is 3.01. The molecule has 0 spiro atoms. The summed E-state index contributed by atoms with van der Waals surface area (Å²) in [5, 5.41) is 11.2. The largest absolute Gasteiger partial charge is 0.465 e. The molecule has 2 N–H and O–H groups in total. The molecule has 0 atom stereocenters. The van der Waals surface area contributed by atoms with E-state index >= 15 is 0 Å². The minimum atomic E-state index is -0.987. The Balaban J connectivity index is 3.71. The van der Waals surface area contributed by atoms with Gasteiger partial charge in [-0.3, -0.25) is 0 Å². The summed E-state index contributed by atoms with van der Waals surface area (Å²) in [4.78, 5) is 10.0. The zero-order chi connectivity index (χ0) is 7.49. The number of halogens is 1. The van der Waals surface area contributed by atoms with E-state index in [0.717, 1.165) is 0 Å². The van der Waals surface area contributed by atoms with E-state index in [-0.39, 0.29) is 5.54 Å². The van der Waals surface area contributed by atoms with Crippen LogP contribution in [0.3, 0.4) is 0 Å². The average Bonchev–Trinajstić information content (AvgIpc) is 1.63. The molecule has 0 aliphatic rings. The molecular weight excluding hydrogens is 186 g/mol. The first-order valence-corrected chi connectivity index (χ1v) is 3.67. The highest BCUT2D eigenvalue weighted by molar-refractivity contribution is 9.09. The van der Waals surface area contributed by atoms with Crippen molar-refractivity contribution < 1.29 is 9.90 Å². The monoisotopic (exact) mass is 195 g/mol. The number of amides is 1. The van der Waals surface area contributed by atoms with Crippen LogP contribution in [0.5, 0.6) is 0 Å². The average molecular weight is 196 g/mol. The van der Waals surface area contributed by atoms with Gasteiger partial charge in [0.25, 0.3) is 0 Å². The van der Waals surface area contributed by atoms with Crippen molar-refractivity contribution in [3.05, 3.63) is 0 Å². The Bertz CT molecular complexity index is 114. The Morgan fingerprint density at radius 1 is 1.78 bits per heavy atom. The van der Waals surface area contributed by atoms with Crippen LogP contribution >= 0.6 is 15.9 Å². The van der Waals surface area contributed by atoms with Crippen LogP contribution in [0.15, 0.2) is 0 Å². The lowest BCUT2D eigenvalue weighted by atomic mass is 10.1. The standard InChI is InChI=1S/C5H10BrNO2/c1-5(2,3-6)7-4(8)9/h7H,3H2,1-2H3,(H,8,9). The Kier molecular flexibility index (Phi) is 2.97. The first kappa shape index (κ1) is 8.75. The third-order valence-corrected chi connectivity index (χ3v) is 2.18. The molecule has 9 heavy (non-hydrogen) atoms. The normalized spacial score (nSPS) is 11.0. The predicted molar refractivity (Wildman–Crippen MR) is 39.0 cm³/mol. The highest BCUT2D eigenvalue weighted by Gasteiger charge is 2.17. The number of carbonyl (C=O) groups is 1. The quantitative estimate of drug-likeness (QED) is 0.656. The Morgan fingerprint density at radius 3 is 2.33 bits per heavy atom. The summed E-state index contributed by atoms with van der Waals surface area (Å²) >= 11 is 3.17. The number of nitrogens with one attached hydrogen (secondary N) is 1. The van der Waals surface area contributed by atoms with E-state index < -0.39 is 6.09 Å². The van der Waals surface area contributed by atoms with E-state index in [0.29, 0.717) is 5.33 Å². The van der Waals surface area contributed by atoms with Crippen LogP contribution in [0.4, 0.5) is 4.79 Å². The predicted octanol–water partition coefficient (Wildman–Crippen LogP) is 1.43. The molecular formula is C5H10BrNO2. The molecule has 0 fully saturated rings. The van der Waals surface area contributed by atoms with Gasteiger partial charge < -0.3 is 10.4 Å². The van der Waals surface area contributed by atoms with Gasteiger partial charge in [0.2, 0.25) is 0 Å². The van der Waals surface area contributed by atoms with Gasteiger partial charge in [-0.1, -0.05) is 15.9 Å². The van der Waals surface area contributed by atoms with Crippen LogP contribution in [-0.2, 0) is 0 Å². The molecule has 0 aromatic carbocycles. The number of alkyl halides is 1. The van der Waals surface area contributed by atoms with Gasteiger partial charge in [0.05, 0.1) is 0 Å². The van der Waals surface area contributed by atoms with Crippen LogP contribution in [0.2, 0.25) is 0 Å². The lowest BCUT2D eigenvalue weighted by molar-refractivity contribution is 0.185. The third kappa shape index (κ3) is 4.27. The van der Waals surface area contributed by atoms with Crippen molar-refractivity contribution in [2.45, 2.75) is 19.4 Å². The van der Waals surface area contributed by atoms with E-state index in [9.17, 15) is 4.79 Å². The first-order valence-electron chi connectivity index (χ1n) is 2.55. The molecule has 4 heteroatoms. The van der Waals surface area contributed by atoms with Gasteiger partial charge in [-0.05, 0) is 13.8 Å². The minimum Gasteiger partial charge on any atom is -0.465 e. The van der Waals surface area contributed by atoms with Crippen molar-refractivity contribution in [3.63, 3.8) is 0 Å². The van der Waals surface area contributed by atoms with E-state index in [1.165, 1.54) is 0 Å². The zero-order valence-electron chi connectivity index (χ0n) is 5.44. The van der Waals surface area contributed by atoms with Crippen LogP contribution < -0.4 is 5.32 Å². The fourth-order valence-corrected chi connectivity index (χ4v) is 0.463. The lowest BCUT2D eigenvalue weighted by Crippen LogP contribution is -2.43. The number of carboxylic acid groups (broad SMARTS) is 1. The highest BCUT2D eigenvalue weighted by Crippen LogP contribution is 2.04. The molecule has 0 unspecified atom stereocenters.